The van der Waals surface area contributed by atoms with Crippen molar-refractivity contribution >= 4 is 6.08 Å². The quantitative estimate of drug-likeness (QED) is 0.485. The fourth-order valence-electron chi connectivity index (χ4n) is 2.76. The molecule has 2 aromatic rings. The number of nitrogens with zero attached hydrogens (tertiary/aromatic N) is 2. The first-order chi connectivity index (χ1) is 13.5. The first-order valence-corrected chi connectivity index (χ1v) is 9.80. The Morgan fingerprint density at radius 2 is 1.86 bits per heavy atom. The van der Waals surface area contributed by atoms with Gasteiger partial charge in [0.2, 0.25) is 5.82 Å². The fraction of sp³-hybridized carbons (Fsp3) is 0.455. The van der Waals surface area contributed by atoms with Crippen molar-refractivity contribution in [3.8, 4) is 16.9 Å². The van der Waals surface area contributed by atoms with E-state index in [1.807, 2.05) is 12.2 Å². The van der Waals surface area contributed by atoms with Gasteiger partial charge in [-0.3, -0.25) is 0 Å². The van der Waals surface area contributed by atoms with Gasteiger partial charge in [0.1, 0.15) is 0 Å². The maximum Gasteiger partial charge on any atom is 0.200 e. The summed E-state index contributed by atoms with van der Waals surface area (Å²) >= 11 is 0. The highest BCUT2D eigenvalue weighted by atomic mass is 19.2. The third-order valence-electron chi connectivity index (χ3n) is 4.44. The number of phenolic OH excluding ortho intramolecular Hbond substituents is 1. The summed E-state index contributed by atoms with van der Waals surface area (Å²) < 4.78 is 33.1. The second-order valence-corrected chi connectivity index (χ2v) is 6.81. The zero-order valence-electron chi connectivity index (χ0n) is 16.5. The summed E-state index contributed by atoms with van der Waals surface area (Å²) in [4.78, 5) is 8.33. The van der Waals surface area contributed by atoms with E-state index in [1.165, 1.54) is 31.3 Å². The monoisotopic (exact) mass is 390 g/mol. The van der Waals surface area contributed by atoms with Crippen molar-refractivity contribution in [3.63, 3.8) is 0 Å². The third kappa shape index (κ3) is 6.68. The Morgan fingerprint density at radius 3 is 2.57 bits per heavy atom. The van der Waals surface area contributed by atoms with Crippen LogP contribution in [0.3, 0.4) is 0 Å². The molecule has 0 aliphatic carbocycles. The topological polar surface area (TPSA) is 55.2 Å². The number of aromatic nitrogens is 2. The molecule has 2 rings (SSSR count). The van der Waals surface area contributed by atoms with E-state index >= 15 is 0 Å². The number of phenols is 1. The van der Waals surface area contributed by atoms with Crippen LogP contribution in [-0.2, 0) is 4.74 Å². The summed E-state index contributed by atoms with van der Waals surface area (Å²) in [5, 5.41) is 9.19. The Labute approximate surface area is 165 Å². The molecular weight excluding hydrogens is 362 g/mol. The van der Waals surface area contributed by atoms with Crippen LogP contribution in [0.1, 0.15) is 58.2 Å². The van der Waals surface area contributed by atoms with Crippen molar-refractivity contribution in [2.45, 2.75) is 58.5 Å². The highest BCUT2D eigenvalue weighted by Crippen LogP contribution is 2.28. The van der Waals surface area contributed by atoms with Gasteiger partial charge in [-0.15, -0.1) is 0 Å². The van der Waals surface area contributed by atoms with Gasteiger partial charge in [-0.2, -0.15) is 4.39 Å². The predicted octanol–water partition coefficient (Wildman–Crippen LogP) is 5.91. The number of hydrogen-bond donors (Lipinski definition) is 1. The van der Waals surface area contributed by atoms with Gasteiger partial charge in [0.25, 0.3) is 0 Å². The number of halogens is 2. The minimum atomic E-state index is -1.27. The van der Waals surface area contributed by atoms with Gasteiger partial charge in [0, 0.05) is 30.1 Å². The lowest BCUT2D eigenvalue weighted by Crippen LogP contribution is -2.08. The Kier molecular flexibility index (Phi) is 9.01. The van der Waals surface area contributed by atoms with E-state index in [1.54, 1.807) is 0 Å². The predicted molar refractivity (Wildman–Crippen MR) is 107 cm³/mol. The summed E-state index contributed by atoms with van der Waals surface area (Å²) in [6.07, 6.45) is 13.4. The van der Waals surface area contributed by atoms with Crippen LogP contribution >= 0.6 is 0 Å². The molecule has 0 aliphatic rings. The Balaban J connectivity index is 1.79. The molecule has 4 nitrogen and oxygen atoms in total. The maximum atomic E-state index is 13.9. The van der Waals surface area contributed by atoms with Crippen LogP contribution in [0.4, 0.5) is 8.78 Å². The van der Waals surface area contributed by atoms with Gasteiger partial charge in [-0.1, -0.05) is 25.8 Å². The van der Waals surface area contributed by atoms with E-state index in [4.69, 9.17) is 4.74 Å². The second-order valence-electron chi connectivity index (χ2n) is 6.81. The molecule has 0 aliphatic heterocycles. The minimum Gasteiger partial charge on any atom is -0.505 e. The van der Waals surface area contributed by atoms with E-state index in [0.29, 0.717) is 11.4 Å². The number of benzene rings is 1. The molecule has 1 atom stereocenters. The van der Waals surface area contributed by atoms with Crippen LogP contribution in [0.5, 0.6) is 5.75 Å². The highest BCUT2D eigenvalue weighted by molar-refractivity contribution is 5.64. The van der Waals surface area contributed by atoms with E-state index < -0.39 is 17.4 Å². The van der Waals surface area contributed by atoms with Gasteiger partial charge in [0.15, 0.2) is 17.4 Å². The van der Waals surface area contributed by atoms with Crippen LogP contribution in [0, 0.1) is 11.6 Å². The SMILES string of the molecule is CCCCCOC(C)CCC/C=C/c1ncc(-c2ccc(O)c(F)c2F)cn1. The number of ether oxygens (including phenoxy) is 1. The van der Waals surface area contributed by atoms with Crippen molar-refractivity contribution in [1.82, 2.24) is 9.97 Å². The second kappa shape index (κ2) is 11.5. The zero-order valence-corrected chi connectivity index (χ0v) is 16.5. The van der Waals surface area contributed by atoms with Gasteiger partial charge in [-0.05, 0) is 50.8 Å². The van der Waals surface area contributed by atoms with Crippen LogP contribution in [-0.4, -0.2) is 27.8 Å². The molecule has 0 radical (unpaired) electrons. The molecular formula is C22H28F2N2O2. The molecule has 0 bridgehead atoms. The maximum absolute atomic E-state index is 13.9. The lowest BCUT2D eigenvalue weighted by molar-refractivity contribution is 0.0566. The lowest BCUT2D eigenvalue weighted by Gasteiger charge is -2.11. The van der Waals surface area contributed by atoms with Gasteiger partial charge >= 0.3 is 0 Å². The number of rotatable bonds is 11. The van der Waals surface area contributed by atoms with E-state index in [0.717, 1.165) is 38.4 Å². The summed E-state index contributed by atoms with van der Waals surface area (Å²) in [7, 11) is 0. The van der Waals surface area contributed by atoms with E-state index in [2.05, 4.69) is 23.8 Å². The molecule has 0 amide bonds. The molecule has 0 fully saturated rings. The van der Waals surface area contributed by atoms with Crippen molar-refractivity contribution in [2.24, 2.45) is 0 Å². The average molecular weight is 390 g/mol. The molecule has 6 heteroatoms. The third-order valence-corrected chi connectivity index (χ3v) is 4.44. The van der Waals surface area contributed by atoms with Crippen molar-refractivity contribution < 1.29 is 18.6 Å². The molecule has 28 heavy (non-hydrogen) atoms. The van der Waals surface area contributed by atoms with Crippen molar-refractivity contribution in [1.29, 1.82) is 0 Å². The van der Waals surface area contributed by atoms with E-state index in [-0.39, 0.29) is 11.7 Å². The molecule has 1 unspecified atom stereocenters. The Morgan fingerprint density at radius 1 is 1.11 bits per heavy atom. The number of unbranched alkanes of at least 4 members (excludes halogenated alkanes) is 3. The Bertz CT molecular complexity index is 764. The summed E-state index contributed by atoms with van der Waals surface area (Å²) in [6.45, 7) is 5.11. The summed E-state index contributed by atoms with van der Waals surface area (Å²) in [5.74, 6) is -2.60. The summed E-state index contributed by atoms with van der Waals surface area (Å²) in [5.41, 5.74) is 0.362. The van der Waals surface area contributed by atoms with Crippen LogP contribution in [0.15, 0.2) is 30.6 Å². The molecule has 0 saturated heterocycles. The number of allylic oxidation sites excluding steroid dienone is 1. The molecule has 1 aromatic heterocycles. The fourth-order valence-corrected chi connectivity index (χ4v) is 2.76. The van der Waals surface area contributed by atoms with Crippen LogP contribution in [0.25, 0.3) is 17.2 Å². The molecule has 1 aromatic carbocycles. The molecule has 1 heterocycles. The molecule has 0 saturated carbocycles. The largest absolute Gasteiger partial charge is 0.505 e. The normalized spacial score (nSPS) is 12.6. The standard InChI is InChI=1S/C22H28F2N2O2/c1-3-4-8-13-28-16(2)9-6-5-7-10-20-25-14-17(15-26-20)18-11-12-19(27)22(24)21(18)23/h7,10-12,14-16,27H,3-6,8-9,13H2,1-2H3/b10-7+. The molecule has 152 valence electrons. The van der Waals surface area contributed by atoms with Gasteiger partial charge < -0.3 is 9.84 Å². The zero-order chi connectivity index (χ0) is 20.4. The highest BCUT2D eigenvalue weighted by Gasteiger charge is 2.14. The Hall–Kier alpha value is -2.34. The first-order valence-electron chi connectivity index (χ1n) is 9.80. The summed E-state index contributed by atoms with van der Waals surface area (Å²) in [6, 6.07) is 2.41. The minimum absolute atomic E-state index is 0.0127. The van der Waals surface area contributed by atoms with Gasteiger partial charge in [-0.25, -0.2) is 14.4 Å². The first kappa shape index (κ1) is 22.0. The van der Waals surface area contributed by atoms with Crippen molar-refractivity contribution in [2.75, 3.05) is 6.61 Å². The van der Waals surface area contributed by atoms with E-state index in [9.17, 15) is 13.9 Å². The lowest BCUT2D eigenvalue weighted by atomic mass is 10.1. The smallest absolute Gasteiger partial charge is 0.200 e. The van der Waals surface area contributed by atoms with Crippen LogP contribution in [0.2, 0.25) is 0 Å². The number of aromatic hydroxyl groups is 1. The van der Waals surface area contributed by atoms with Crippen LogP contribution < -0.4 is 0 Å². The number of hydrogen-bond acceptors (Lipinski definition) is 4. The average Bonchev–Trinajstić information content (AvgIpc) is 2.70. The van der Waals surface area contributed by atoms with Crippen molar-refractivity contribution in [3.05, 3.63) is 48.1 Å². The van der Waals surface area contributed by atoms with Gasteiger partial charge in [0.05, 0.1) is 6.10 Å². The molecule has 0 spiro atoms. The molecule has 1 N–H and O–H groups in total.